The standard InChI is InChI=1S/C10H12S/c1-9-4-3-5-10(8-9)6-7-11-2/h3-8H,1-2H3/b7-6+. The molecular weight excluding hydrogens is 152 g/mol. The van der Waals surface area contributed by atoms with Crippen molar-refractivity contribution in [2.75, 3.05) is 6.26 Å². The lowest BCUT2D eigenvalue weighted by Crippen LogP contribution is -1.73. The Kier molecular flexibility index (Phi) is 3.24. The first-order valence-electron chi connectivity index (χ1n) is 3.59. The third-order valence-corrected chi connectivity index (χ3v) is 1.85. The van der Waals surface area contributed by atoms with E-state index in [-0.39, 0.29) is 0 Å². The minimum atomic E-state index is 1.28. The minimum absolute atomic E-state index is 1.28. The third-order valence-electron chi connectivity index (χ3n) is 1.44. The summed E-state index contributed by atoms with van der Waals surface area (Å²) in [6.45, 7) is 2.11. The van der Waals surface area contributed by atoms with Crippen molar-refractivity contribution in [3.8, 4) is 0 Å². The maximum Gasteiger partial charge on any atom is -0.0142 e. The molecule has 1 heteroatoms. The van der Waals surface area contributed by atoms with Gasteiger partial charge in [-0.25, -0.2) is 0 Å². The Labute approximate surface area is 72.3 Å². The number of thioether (sulfide) groups is 1. The molecule has 0 fully saturated rings. The van der Waals surface area contributed by atoms with Crippen molar-refractivity contribution >= 4 is 17.8 Å². The van der Waals surface area contributed by atoms with Crippen LogP contribution in [0.5, 0.6) is 0 Å². The molecule has 0 nitrogen and oxygen atoms in total. The van der Waals surface area contributed by atoms with E-state index in [1.165, 1.54) is 11.1 Å². The first kappa shape index (κ1) is 8.41. The Morgan fingerprint density at radius 3 is 2.82 bits per heavy atom. The Morgan fingerprint density at radius 1 is 1.36 bits per heavy atom. The van der Waals surface area contributed by atoms with E-state index < -0.39 is 0 Å². The molecule has 0 saturated carbocycles. The highest BCUT2D eigenvalue weighted by Crippen LogP contribution is 2.07. The molecular formula is C10H12S. The van der Waals surface area contributed by atoms with Crippen LogP contribution < -0.4 is 0 Å². The van der Waals surface area contributed by atoms with Crippen LogP contribution in [0, 0.1) is 6.92 Å². The summed E-state index contributed by atoms with van der Waals surface area (Å²) < 4.78 is 0. The average molecular weight is 164 g/mol. The second-order valence-electron chi connectivity index (χ2n) is 2.45. The van der Waals surface area contributed by atoms with Crippen molar-refractivity contribution in [2.45, 2.75) is 6.92 Å². The van der Waals surface area contributed by atoms with E-state index in [9.17, 15) is 0 Å². The van der Waals surface area contributed by atoms with E-state index in [4.69, 9.17) is 0 Å². The summed E-state index contributed by atoms with van der Waals surface area (Å²) in [5, 5.41) is 2.09. The highest BCUT2D eigenvalue weighted by molar-refractivity contribution is 8.01. The Hall–Kier alpha value is -0.690. The fraction of sp³-hybridized carbons (Fsp3) is 0.200. The molecule has 1 aromatic carbocycles. The Balaban J connectivity index is 2.79. The van der Waals surface area contributed by atoms with Crippen molar-refractivity contribution < 1.29 is 0 Å². The number of rotatable bonds is 2. The van der Waals surface area contributed by atoms with E-state index >= 15 is 0 Å². The molecule has 0 atom stereocenters. The highest BCUT2D eigenvalue weighted by Gasteiger charge is 1.85. The molecule has 0 amide bonds. The first-order valence-corrected chi connectivity index (χ1v) is 4.88. The molecule has 0 aromatic heterocycles. The van der Waals surface area contributed by atoms with Crippen LogP contribution in [-0.2, 0) is 0 Å². The fourth-order valence-electron chi connectivity index (χ4n) is 0.920. The van der Waals surface area contributed by atoms with Gasteiger partial charge < -0.3 is 0 Å². The van der Waals surface area contributed by atoms with Crippen LogP contribution in [0.4, 0.5) is 0 Å². The smallest absolute Gasteiger partial charge is 0.0142 e. The highest BCUT2D eigenvalue weighted by atomic mass is 32.2. The summed E-state index contributed by atoms with van der Waals surface area (Å²) in [6.07, 6.45) is 4.18. The van der Waals surface area contributed by atoms with Crippen LogP contribution in [-0.4, -0.2) is 6.26 Å². The Morgan fingerprint density at radius 2 is 2.18 bits per heavy atom. The first-order chi connectivity index (χ1) is 5.33. The van der Waals surface area contributed by atoms with Gasteiger partial charge in [-0.3, -0.25) is 0 Å². The van der Waals surface area contributed by atoms with Crippen LogP contribution in [0.2, 0.25) is 0 Å². The maximum atomic E-state index is 2.17. The normalized spacial score (nSPS) is 10.7. The third kappa shape index (κ3) is 2.81. The molecule has 0 aliphatic heterocycles. The predicted molar refractivity (Wildman–Crippen MR) is 53.7 cm³/mol. The molecule has 0 bridgehead atoms. The molecule has 0 saturated heterocycles. The van der Waals surface area contributed by atoms with E-state index in [0.717, 1.165) is 0 Å². The second kappa shape index (κ2) is 4.24. The molecule has 0 aliphatic rings. The second-order valence-corrected chi connectivity index (χ2v) is 3.20. The van der Waals surface area contributed by atoms with Gasteiger partial charge in [-0.05, 0) is 30.2 Å². The summed E-state index contributed by atoms with van der Waals surface area (Å²) in [6, 6.07) is 8.47. The van der Waals surface area contributed by atoms with Crippen LogP contribution in [0.1, 0.15) is 11.1 Å². The molecule has 58 valence electrons. The molecule has 1 aromatic rings. The predicted octanol–water partition coefficient (Wildman–Crippen LogP) is 3.33. The average Bonchev–Trinajstić information content (AvgIpc) is 2.01. The van der Waals surface area contributed by atoms with Crippen LogP contribution in [0.25, 0.3) is 6.08 Å². The lowest BCUT2D eigenvalue weighted by atomic mass is 10.1. The van der Waals surface area contributed by atoms with E-state index in [1.807, 2.05) is 0 Å². The van der Waals surface area contributed by atoms with Gasteiger partial charge in [0, 0.05) is 0 Å². The van der Waals surface area contributed by atoms with Crippen LogP contribution >= 0.6 is 11.8 Å². The molecule has 1 rings (SSSR count). The monoisotopic (exact) mass is 164 g/mol. The summed E-state index contributed by atoms with van der Waals surface area (Å²) in [5.74, 6) is 0. The topological polar surface area (TPSA) is 0 Å². The van der Waals surface area contributed by atoms with Gasteiger partial charge in [-0.1, -0.05) is 29.8 Å². The zero-order chi connectivity index (χ0) is 8.10. The van der Waals surface area contributed by atoms with Crippen molar-refractivity contribution in [3.05, 3.63) is 40.8 Å². The van der Waals surface area contributed by atoms with Gasteiger partial charge in [-0.2, -0.15) is 0 Å². The van der Waals surface area contributed by atoms with Crippen LogP contribution in [0.15, 0.2) is 29.7 Å². The molecule has 0 aliphatic carbocycles. The number of hydrogen-bond acceptors (Lipinski definition) is 1. The maximum absolute atomic E-state index is 2.17. The van der Waals surface area contributed by atoms with Gasteiger partial charge in [-0.15, -0.1) is 11.8 Å². The van der Waals surface area contributed by atoms with Gasteiger partial charge in [0.25, 0.3) is 0 Å². The lowest BCUT2D eigenvalue weighted by molar-refractivity contribution is 1.46. The van der Waals surface area contributed by atoms with Gasteiger partial charge in [0.2, 0.25) is 0 Å². The largest absolute Gasteiger partial charge is 0.138 e. The number of hydrogen-bond donors (Lipinski definition) is 0. The van der Waals surface area contributed by atoms with E-state index in [0.29, 0.717) is 0 Å². The fourth-order valence-corrected chi connectivity index (χ4v) is 1.21. The number of aryl methyl sites for hydroxylation is 1. The summed E-state index contributed by atoms with van der Waals surface area (Å²) in [7, 11) is 0. The summed E-state index contributed by atoms with van der Waals surface area (Å²) in [4.78, 5) is 0. The van der Waals surface area contributed by atoms with Crippen molar-refractivity contribution in [3.63, 3.8) is 0 Å². The van der Waals surface area contributed by atoms with Gasteiger partial charge in [0.05, 0.1) is 0 Å². The summed E-state index contributed by atoms with van der Waals surface area (Å²) >= 11 is 1.72. The van der Waals surface area contributed by atoms with E-state index in [1.54, 1.807) is 11.8 Å². The molecule has 0 heterocycles. The lowest BCUT2D eigenvalue weighted by Gasteiger charge is -1.93. The number of benzene rings is 1. The minimum Gasteiger partial charge on any atom is -0.138 e. The zero-order valence-corrected chi connectivity index (χ0v) is 7.69. The quantitative estimate of drug-likeness (QED) is 0.646. The van der Waals surface area contributed by atoms with Crippen LogP contribution in [0.3, 0.4) is 0 Å². The zero-order valence-electron chi connectivity index (χ0n) is 6.87. The van der Waals surface area contributed by atoms with Gasteiger partial charge in [0.15, 0.2) is 0 Å². The molecule has 0 N–H and O–H groups in total. The molecule has 0 radical (unpaired) electrons. The summed E-state index contributed by atoms with van der Waals surface area (Å²) in [5.41, 5.74) is 2.59. The van der Waals surface area contributed by atoms with E-state index in [2.05, 4.69) is 48.9 Å². The van der Waals surface area contributed by atoms with Gasteiger partial charge in [0.1, 0.15) is 0 Å². The van der Waals surface area contributed by atoms with Crippen molar-refractivity contribution in [1.82, 2.24) is 0 Å². The molecule has 11 heavy (non-hydrogen) atoms. The molecule has 0 spiro atoms. The van der Waals surface area contributed by atoms with Crippen molar-refractivity contribution in [2.24, 2.45) is 0 Å². The van der Waals surface area contributed by atoms with Crippen molar-refractivity contribution in [1.29, 1.82) is 0 Å². The molecule has 0 unspecified atom stereocenters. The SMILES string of the molecule is CS/C=C/c1cccc(C)c1. The Bertz CT molecular complexity index is 251. The van der Waals surface area contributed by atoms with Gasteiger partial charge >= 0.3 is 0 Å².